The number of ether oxygens (including phenoxy) is 3. The molecule has 5 aromatic rings. The van der Waals surface area contributed by atoms with Gasteiger partial charge in [0.15, 0.2) is 11.5 Å². The second-order valence-corrected chi connectivity index (χ2v) is 8.50. The van der Waals surface area contributed by atoms with E-state index >= 15 is 0 Å². The van der Waals surface area contributed by atoms with Crippen LogP contribution in [0.3, 0.4) is 0 Å². The highest BCUT2D eigenvalue weighted by molar-refractivity contribution is 6.06. The molecule has 0 saturated heterocycles. The number of rotatable bonds is 7. The molecule has 0 saturated carbocycles. The van der Waals surface area contributed by atoms with Crippen LogP contribution in [0.4, 0.5) is 5.69 Å². The molecule has 1 N–H and O–H groups in total. The van der Waals surface area contributed by atoms with Crippen LogP contribution in [-0.4, -0.2) is 32.2 Å². The number of nitrogens with zero attached hydrogens (tertiary/aromatic N) is 1. The topological polar surface area (TPSA) is 82.8 Å². The Morgan fingerprint density at radius 1 is 0.919 bits per heavy atom. The van der Waals surface area contributed by atoms with Crippen molar-refractivity contribution in [3.05, 3.63) is 84.8 Å². The van der Waals surface area contributed by atoms with Crippen LogP contribution in [0.1, 0.15) is 12.5 Å². The minimum Gasteiger partial charge on any atom is -0.496 e. The quantitative estimate of drug-likeness (QED) is 0.253. The third kappa shape index (κ3) is 4.71. The first-order valence-corrected chi connectivity index (χ1v) is 11.7. The number of aromatic nitrogens is 1. The number of hydrogen-bond acceptors (Lipinski definition) is 6. The Morgan fingerprint density at radius 3 is 2.51 bits per heavy atom. The number of nitrogens with one attached hydrogen (secondary N) is 1. The highest BCUT2D eigenvalue weighted by Crippen LogP contribution is 2.39. The highest BCUT2D eigenvalue weighted by Gasteiger charge is 2.16. The highest BCUT2D eigenvalue weighted by atomic mass is 16.5. The summed E-state index contributed by atoms with van der Waals surface area (Å²) in [7, 11) is 4.80. The third-order valence-corrected chi connectivity index (χ3v) is 6.23. The van der Waals surface area contributed by atoms with Gasteiger partial charge in [0.25, 0.3) is 0 Å². The van der Waals surface area contributed by atoms with E-state index in [9.17, 15) is 4.79 Å². The second-order valence-electron chi connectivity index (χ2n) is 8.50. The first kappa shape index (κ1) is 23.9. The van der Waals surface area contributed by atoms with Gasteiger partial charge in [0.05, 0.1) is 33.1 Å². The predicted molar refractivity (Wildman–Crippen MR) is 145 cm³/mol. The van der Waals surface area contributed by atoms with Gasteiger partial charge in [0, 0.05) is 45.9 Å². The summed E-state index contributed by atoms with van der Waals surface area (Å²) in [4.78, 5) is 17.2. The maximum atomic E-state index is 12.9. The Labute approximate surface area is 214 Å². The van der Waals surface area contributed by atoms with Crippen LogP contribution in [0.5, 0.6) is 17.2 Å². The lowest BCUT2D eigenvalue weighted by atomic mass is 9.99. The molecule has 0 atom stereocenters. The van der Waals surface area contributed by atoms with E-state index in [1.165, 1.54) is 0 Å². The molecule has 2 heterocycles. The summed E-state index contributed by atoms with van der Waals surface area (Å²) in [5.41, 5.74) is 5.58. The SMILES string of the molecule is COc1ccc(-c2coc3cc(OC)c(/C(C)=C/C(=O)Nc4ccc5ncccc5c4)cc23)cc1OC. The summed E-state index contributed by atoms with van der Waals surface area (Å²) in [5.74, 6) is 1.64. The molecule has 7 nitrogen and oxygen atoms in total. The van der Waals surface area contributed by atoms with Crippen LogP contribution < -0.4 is 19.5 Å². The fraction of sp³-hybridized carbons (Fsp3) is 0.133. The van der Waals surface area contributed by atoms with E-state index in [-0.39, 0.29) is 5.91 Å². The monoisotopic (exact) mass is 494 g/mol. The number of pyridine rings is 1. The number of methoxy groups -OCH3 is 3. The first-order valence-electron chi connectivity index (χ1n) is 11.7. The Bertz CT molecular complexity index is 1650. The number of carbonyl (C=O) groups is 1. The molecule has 7 heteroatoms. The van der Waals surface area contributed by atoms with Gasteiger partial charge in [-0.05, 0) is 60.5 Å². The van der Waals surface area contributed by atoms with E-state index in [1.54, 1.807) is 39.9 Å². The number of anilines is 1. The van der Waals surface area contributed by atoms with Gasteiger partial charge >= 0.3 is 0 Å². The standard InChI is InChI=1S/C30H26N2O5/c1-18(12-30(33)32-21-8-9-25-20(13-21)6-5-11-31-25)22-15-23-24(17-37-28(23)16-27(22)35-3)19-7-10-26(34-2)29(14-19)36-4/h5-17H,1-4H3,(H,32,33)/b18-12+. The fourth-order valence-electron chi connectivity index (χ4n) is 4.37. The van der Waals surface area contributed by atoms with E-state index < -0.39 is 0 Å². The lowest BCUT2D eigenvalue weighted by molar-refractivity contribution is -0.111. The maximum absolute atomic E-state index is 12.9. The van der Waals surface area contributed by atoms with Crippen molar-refractivity contribution in [3.8, 4) is 28.4 Å². The van der Waals surface area contributed by atoms with Crippen LogP contribution >= 0.6 is 0 Å². The number of amides is 1. The molecule has 2 aromatic heterocycles. The molecule has 0 bridgehead atoms. The normalized spacial score (nSPS) is 11.5. The number of furan rings is 1. The molecule has 37 heavy (non-hydrogen) atoms. The molecular formula is C30H26N2O5. The Balaban J connectivity index is 1.49. The maximum Gasteiger partial charge on any atom is 0.248 e. The predicted octanol–water partition coefficient (Wildman–Crippen LogP) is 6.72. The van der Waals surface area contributed by atoms with E-state index in [1.807, 2.05) is 67.6 Å². The molecule has 0 aliphatic carbocycles. The average molecular weight is 495 g/mol. The molecule has 0 spiro atoms. The van der Waals surface area contributed by atoms with Crippen molar-refractivity contribution in [1.82, 2.24) is 4.98 Å². The van der Waals surface area contributed by atoms with Crippen molar-refractivity contribution in [3.63, 3.8) is 0 Å². The first-order chi connectivity index (χ1) is 18.0. The van der Waals surface area contributed by atoms with Crippen molar-refractivity contribution in [2.24, 2.45) is 0 Å². The summed E-state index contributed by atoms with van der Waals surface area (Å²) in [6, 6.07) is 19.0. The van der Waals surface area contributed by atoms with Gasteiger partial charge in [-0.15, -0.1) is 0 Å². The molecule has 0 aliphatic heterocycles. The van der Waals surface area contributed by atoms with Gasteiger partial charge < -0.3 is 23.9 Å². The molecule has 1 amide bonds. The molecule has 5 rings (SSSR count). The number of hydrogen-bond donors (Lipinski definition) is 1. The molecule has 0 aliphatic rings. The zero-order valence-electron chi connectivity index (χ0n) is 21.0. The molecule has 0 unspecified atom stereocenters. The van der Waals surface area contributed by atoms with E-state index in [0.29, 0.717) is 28.5 Å². The number of carbonyl (C=O) groups excluding carboxylic acids is 1. The molecule has 0 fully saturated rings. The molecule has 0 radical (unpaired) electrons. The van der Waals surface area contributed by atoms with Crippen molar-refractivity contribution in [2.75, 3.05) is 26.6 Å². The number of benzene rings is 3. The van der Waals surface area contributed by atoms with Crippen molar-refractivity contribution >= 4 is 39.0 Å². The summed E-state index contributed by atoms with van der Waals surface area (Å²) in [6.07, 6.45) is 5.01. The zero-order valence-corrected chi connectivity index (χ0v) is 21.0. The van der Waals surface area contributed by atoms with Gasteiger partial charge in [-0.2, -0.15) is 0 Å². The zero-order chi connectivity index (χ0) is 25.9. The van der Waals surface area contributed by atoms with Crippen molar-refractivity contribution in [1.29, 1.82) is 0 Å². The summed E-state index contributed by atoms with van der Waals surface area (Å²) in [5, 5.41) is 4.78. The molecular weight excluding hydrogens is 468 g/mol. The van der Waals surface area contributed by atoms with Crippen LogP contribution in [-0.2, 0) is 4.79 Å². The fourth-order valence-corrected chi connectivity index (χ4v) is 4.37. The van der Waals surface area contributed by atoms with E-state index in [2.05, 4.69) is 10.3 Å². The third-order valence-electron chi connectivity index (χ3n) is 6.23. The lowest BCUT2D eigenvalue weighted by Gasteiger charge is -2.11. The average Bonchev–Trinajstić information content (AvgIpc) is 3.34. The Hall–Kier alpha value is -4.78. The van der Waals surface area contributed by atoms with Crippen LogP contribution in [0.25, 0.3) is 38.6 Å². The summed E-state index contributed by atoms with van der Waals surface area (Å²) >= 11 is 0. The van der Waals surface area contributed by atoms with Gasteiger partial charge in [-0.3, -0.25) is 9.78 Å². The summed E-state index contributed by atoms with van der Waals surface area (Å²) < 4.78 is 22.3. The smallest absolute Gasteiger partial charge is 0.248 e. The van der Waals surface area contributed by atoms with Crippen molar-refractivity contribution < 1.29 is 23.4 Å². The number of fused-ring (bicyclic) bond motifs is 2. The van der Waals surface area contributed by atoms with E-state index in [0.717, 1.165) is 38.6 Å². The van der Waals surface area contributed by atoms with E-state index in [4.69, 9.17) is 18.6 Å². The molecule has 186 valence electrons. The van der Waals surface area contributed by atoms with Crippen LogP contribution in [0, 0.1) is 0 Å². The van der Waals surface area contributed by atoms with Gasteiger partial charge in [-0.25, -0.2) is 0 Å². The molecule has 3 aromatic carbocycles. The lowest BCUT2D eigenvalue weighted by Crippen LogP contribution is -2.08. The van der Waals surface area contributed by atoms with Gasteiger partial charge in [-0.1, -0.05) is 12.1 Å². The minimum absolute atomic E-state index is 0.241. The number of allylic oxidation sites excluding steroid dienone is 1. The second kappa shape index (κ2) is 10.1. The largest absolute Gasteiger partial charge is 0.496 e. The Morgan fingerprint density at radius 2 is 1.73 bits per heavy atom. The Kier molecular flexibility index (Phi) is 6.51. The summed E-state index contributed by atoms with van der Waals surface area (Å²) in [6.45, 7) is 1.88. The minimum atomic E-state index is -0.241. The van der Waals surface area contributed by atoms with Crippen molar-refractivity contribution in [2.45, 2.75) is 6.92 Å². The van der Waals surface area contributed by atoms with Crippen LogP contribution in [0.2, 0.25) is 0 Å². The van der Waals surface area contributed by atoms with Gasteiger partial charge in [0.1, 0.15) is 11.3 Å². The van der Waals surface area contributed by atoms with Crippen LogP contribution in [0.15, 0.2) is 83.6 Å². The van der Waals surface area contributed by atoms with Gasteiger partial charge in [0.2, 0.25) is 5.91 Å².